The molecule has 0 fully saturated rings. The minimum Gasteiger partial charge on any atom is -0.444 e. The third-order valence-corrected chi connectivity index (χ3v) is 3.00. The first kappa shape index (κ1) is 20.5. The minimum atomic E-state index is -0.615. The van der Waals surface area contributed by atoms with Gasteiger partial charge in [0.2, 0.25) is 5.91 Å². The third kappa shape index (κ3) is 8.70. The van der Waals surface area contributed by atoms with E-state index in [1.165, 1.54) is 0 Å². The second kappa shape index (κ2) is 8.81. The van der Waals surface area contributed by atoms with Crippen LogP contribution in [-0.2, 0) is 9.53 Å². The van der Waals surface area contributed by atoms with Crippen LogP contribution in [0.2, 0.25) is 0 Å². The molecule has 0 aromatic heterocycles. The van der Waals surface area contributed by atoms with Crippen LogP contribution in [-0.4, -0.2) is 29.7 Å². The molecule has 0 saturated heterocycles. The molecule has 0 bridgehead atoms. The van der Waals surface area contributed by atoms with Gasteiger partial charge in [0, 0.05) is 6.04 Å². The maximum Gasteiger partial charge on any atom is 0.408 e. The van der Waals surface area contributed by atoms with Crippen LogP contribution in [0.3, 0.4) is 0 Å². The van der Waals surface area contributed by atoms with Crippen LogP contribution in [0.15, 0.2) is 12.7 Å². The molecule has 0 radical (unpaired) electrons. The Balaban J connectivity index is 4.85. The summed E-state index contributed by atoms with van der Waals surface area (Å²) in [6, 6.07) is -0.737. The monoisotopic (exact) mass is 312 g/mol. The van der Waals surface area contributed by atoms with Gasteiger partial charge in [-0.15, -0.1) is 6.58 Å². The molecule has 0 aliphatic heterocycles. The summed E-state index contributed by atoms with van der Waals surface area (Å²) in [5.41, 5.74) is -0.593. The van der Waals surface area contributed by atoms with Crippen molar-refractivity contribution < 1.29 is 14.3 Å². The van der Waals surface area contributed by atoms with Crippen molar-refractivity contribution in [2.24, 2.45) is 11.8 Å². The van der Waals surface area contributed by atoms with Crippen LogP contribution in [0, 0.1) is 11.8 Å². The molecule has 128 valence electrons. The first-order valence-electron chi connectivity index (χ1n) is 7.88. The quantitative estimate of drug-likeness (QED) is 0.709. The van der Waals surface area contributed by atoms with E-state index < -0.39 is 17.7 Å². The van der Waals surface area contributed by atoms with Crippen molar-refractivity contribution in [3.8, 4) is 0 Å². The van der Waals surface area contributed by atoms with Crippen molar-refractivity contribution in [2.75, 3.05) is 0 Å². The van der Waals surface area contributed by atoms with Crippen molar-refractivity contribution in [1.82, 2.24) is 10.6 Å². The van der Waals surface area contributed by atoms with Gasteiger partial charge in [0.05, 0.1) is 0 Å². The summed E-state index contributed by atoms with van der Waals surface area (Å²) in [5, 5.41) is 5.58. The van der Waals surface area contributed by atoms with Crippen molar-refractivity contribution in [3.05, 3.63) is 12.7 Å². The summed E-state index contributed by atoms with van der Waals surface area (Å²) in [7, 11) is 0. The Labute approximate surface area is 134 Å². The van der Waals surface area contributed by atoms with Crippen LogP contribution < -0.4 is 10.6 Å². The van der Waals surface area contributed by atoms with Gasteiger partial charge in [-0.2, -0.15) is 0 Å². The lowest BCUT2D eigenvalue weighted by Crippen LogP contribution is -2.51. The highest BCUT2D eigenvalue weighted by molar-refractivity contribution is 5.86. The summed E-state index contributed by atoms with van der Waals surface area (Å²) in [5.74, 6) is 0.299. The molecule has 0 rings (SSSR count). The molecular formula is C17H32N2O3. The molecule has 2 amide bonds. The number of ether oxygens (including phenoxy) is 1. The topological polar surface area (TPSA) is 67.4 Å². The van der Waals surface area contributed by atoms with Gasteiger partial charge in [-0.1, -0.05) is 33.8 Å². The van der Waals surface area contributed by atoms with E-state index in [2.05, 4.69) is 17.2 Å². The Kier molecular flexibility index (Phi) is 8.20. The average Bonchev–Trinajstić information content (AvgIpc) is 2.31. The molecule has 5 nitrogen and oxygen atoms in total. The highest BCUT2D eigenvalue weighted by Crippen LogP contribution is 2.10. The Bertz CT molecular complexity index is 384. The zero-order valence-electron chi connectivity index (χ0n) is 15.0. The van der Waals surface area contributed by atoms with Gasteiger partial charge in [0.15, 0.2) is 0 Å². The van der Waals surface area contributed by atoms with E-state index in [0.29, 0.717) is 6.42 Å². The van der Waals surface area contributed by atoms with Gasteiger partial charge in [-0.3, -0.25) is 4.79 Å². The van der Waals surface area contributed by atoms with Crippen molar-refractivity contribution >= 4 is 12.0 Å². The lowest BCUT2D eigenvalue weighted by atomic mass is 10.0. The van der Waals surface area contributed by atoms with Crippen LogP contribution in [0.5, 0.6) is 0 Å². The number of rotatable bonds is 7. The van der Waals surface area contributed by atoms with E-state index in [0.717, 1.165) is 0 Å². The predicted octanol–water partition coefficient (Wildman–Crippen LogP) is 3.25. The molecule has 0 spiro atoms. The first-order chi connectivity index (χ1) is 9.96. The number of alkyl carbamates (subject to hydrolysis) is 1. The molecule has 0 aliphatic carbocycles. The van der Waals surface area contributed by atoms with Gasteiger partial charge < -0.3 is 15.4 Å². The maximum absolute atomic E-state index is 12.4. The highest BCUT2D eigenvalue weighted by atomic mass is 16.6. The summed E-state index contributed by atoms with van der Waals surface area (Å²) >= 11 is 0. The molecule has 0 aliphatic rings. The van der Waals surface area contributed by atoms with Gasteiger partial charge in [-0.25, -0.2) is 4.79 Å². The standard InChI is InChI=1S/C17H32N2O3/c1-9-13(12(4)5)18-15(20)14(10-11(2)3)19-16(21)22-17(6,7)8/h9,11-14H,1,10H2,2-8H3,(H,18,20)(H,19,21)/t13-,14+/m0/s1. The van der Waals surface area contributed by atoms with Crippen molar-refractivity contribution in [2.45, 2.75) is 72.6 Å². The Morgan fingerprint density at radius 3 is 2.05 bits per heavy atom. The zero-order valence-corrected chi connectivity index (χ0v) is 15.0. The van der Waals surface area contributed by atoms with Crippen LogP contribution >= 0.6 is 0 Å². The summed E-state index contributed by atoms with van der Waals surface area (Å²) in [6.07, 6.45) is 1.68. The van der Waals surface area contributed by atoms with E-state index in [4.69, 9.17) is 4.74 Å². The average molecular weight is 312 g/mol. The molecule has 0 saturated carbocycles. The fourth-order valence-electron chi connectivity index (χ4n) is 1.92. The number of hydrogen-bond donors (Lipinski definition) is 2. The summed E-state index contributed by atoms with van der Waals surface area (Å²) < 4.78 is 5.23. The lowest BCUT2D eigenvalue weighted by Gasteiger charge is -2.26. The van der Waals surface area contributed by atoms with E-state index in [-0.39, 0.29) is 23.8 Å². The molecule has 0 aromatic carbocycles. The second-order valence-electron chi connectivity index (χ2n) is 7.34. The van der Waals surface area contributed by atoms with Gasteiger partial charge in [0.25, 0.3) is 0 Å². The van der Waals surface area contributed by atoms with Crippen molar-refractivity contribution in [3.63, 3.8) is 0 Å². The molecule has 2 atom stereocenters. The van der Waals surface area contributed by atoms with Crippen LogP contribution in [0.1, 0.15) is 54.9 Å². The third-order valence-electron chi connectivity index (χ3n) is 3.00. The van der Waals surface area contributed by atoms with Gasteiger partial charge in [0.1, 0.15) is 11.6 Å². The Morgan fingerprint density at radius 1 is 1.14 bits per heavy atom. The molecule has 0 aromatic rings. The number of hydrogen-bond acceptors (Lipinski definition) is 3. The van der Waals surface area contributed by atoms with Gasteiger partial charge in [-0.05, 0) is 39.0 Å². The molecule has 5 heteroatoms. The lowest BCUT2D eigenvalue weighted by molar-refractivity contribution is -0.124. The number of amides is 2. The summed E-state index contributed by atoms with van der Waals surface area (Å²) in [4.78, 5) is 24.3. The first-order valence-corrected chi connectivity index (χ1v) is 7.88. The normalized spacial score (nSPS) is 14.4. The molecule has 22 heavy (non-hydrogen) atoms. The molecule has 0 heterocycles. The number of carbonyl (C=O) groups excluding carboxylic acids is 2. The number of nitrogens with one attached hydrogen (secondary N) is 2. The van der Waals surface area contributed by atoms with E-state index >= 15 is 0 Å². The highest BCUT2D eigenvalue weighted by Gasteiger charge is 2.26. The minimum absolute atomic E-state index is 0.123. The van der Waals surface area contributed by atoms with Crippen molar-refractivity contribution in [1.29, 1.82) is 0 Å². The Morgan fingerprint density at radius 2 is 1.68 bits per heavy atom. The smallest absolute Gasteiger partial charge is 0.408 e. The molecule has 2 N–H and O–H groups in total. The molecule has 0 unspecified atom stereocenters. The van der Waals surface area contributed by atoms with E-state index in [1.807, 2.05) is 27.7 Å². The largest absolute Gasteiger partial charge is 0.444 e. The summed E-state index contributed by atoms with van der Waals surface area (Å²) in [6.45, 7) is 17.1. The fraction of sp³-hybridized carbons (Fsp3) is 0.765. The van der Waals surface area contributed by atoms with Crippen LogP contribution in [0.25, 0.3) is 0 Å². The fourth-order valence-corrected chi connectivity index (χ4v) is 1.92. The zero-order chi connectivity index (χ0) is 17.5. The van der Waals surface area contributed by atoms with E-state index in [9.17, 15) is 9.59 Å². The molecular weight excluding hydrogens is 280 g/mol. The Hall–Kier alpha value is -1.52. The maximum atomic E-state index is 12.4. The van der Waals surface area contributed by atoms with E-state index in [1.54, 1.807) is 26.8 Å². The van der Waals surface area contributed by atoms with Gasteiger partial charge >= 0.3 is 6.09 Å². The predicted molar refractivity (Wildman–Crippen MR) is 89.6 cm³/mol. The SMILES string of the molecule is C=C[C@H](NC(=O)[C@@H](CC(C)C)NC(=O)OC(C)(C)C)C(C)C. The van der Waals surface area contributed by atoms with Crippen LogP contribution in [0.4, 0.5) is 4.79 Å². The number of carbonyl (C=O) groups is 2. The second-order valence-corrected chi connectivity index (χ2v) is 7.34.